The molecule has 0 amide bonds. The first-order valence-electron chi connectivity index (χ1n) is 6.89. The largest absolute Gasteiger partial charge is 0.480 e. The summed E-state index contributed by atoms with van der Waals surface area (Å²) in [5.41, 5.74) is 0. The third-order valence-corrected chi connectivity index (χ3v) is 4.68. The van der Waals surface area contributed by atoms with Crippen molar-refractivity contribution in [3.05, 3.63) is 0 Å². The van der Waals surface area contributed by atoms with Crippen molar-refractivity contribution < 1.29 is 9.90 Å². The molecule has 0 radical (unpaired) electrons. The highest BCUT2D eigenvalue weighted by molar-refractivity contribution is 8.00. The summed E-state index contributed by atoms with van der Waals surface area (Å²) in [6.07, 6.45) is 7.15. The molecule has 2 rings (SSSR count). The van der Waals surface area contributed by atoms with E-state index in [1.165, 1.54) is 24.6 Å². The highest BCUT2D eigenvalue weighted by Crippen LogP contribution is 2.33. The number of hydrogen-bond donors (Lipinski definition) is 1. The Morgan fingerprint density at radius 3 is 2.89 bits per heavy atom. The van der Waals surface area contributed by atoms with Crippen LogP contribution in [0.2, 0.25) is 0 Å². The van der Waals surface area contributed by atoms with Gasteiger partial charge in [0.1, 0.15) is 5.25 Å². The van der Waals surface area contributed by atoms with E-state index in [9.17, 15) is 9.90 Å². The minimum absolute atomic E-state index is 0.345. The lowest BCUT2D eigenvalue weighted by Gasteiger charge is -2.14. The van der Waals surface area contributed by atoms with E-state index in [2.05, 4.69) is 22.4 Å². The van der Waals surface area contributed by atoms with Crippen LogP contribution in [0, 0.1) is 0 Å². The van der Waals surface area contributed by atoms with E-state index in [0.717, 1.165) is 25.7 Å². The Labute approximate surface area is 117 Å². The molecule has 1 fully saturated rings. The van der Waals surface area contributed by atoms with E-state index in [0.29, 0.717) is 17.6 Å². The van der Waals surface area contributed by atoms with E-state index < -0.39 is 11.2 Å². The molecule has 106 valence electrons. The summed E-state index contributed by atoms with van der Waals surface area (Å²) in [7, 11) is 0. The van der Waals surface area contributed by atoms with Gasteiger partial charge >= 0.3 is 5.97 Å². The smallest absolute Gasteiger partial charge is 0.317 e. The van der Waals surface area contributed by atoms with Crippen molar-refractivity contribution in [3.63, 3.8) is 0 Å². The minimum Gasteiger partial charge on any atom is -0.480 e. The Morgan fingerprint density at radius 1 is 1.53 bits per heavy atom. The molecule has 0 bridgehead atoms. The third-order valence-electron chi connectivity index (χ3n) is 3.48. The fourth-order valence-corrected chi connectivity index (χ4v) is 3.41. The normalized spacial score (nSPS) is 17.7. The molecule has 1 aromatic heterocycles. The molecular weight excluding hydrogens is 264 g/mol. The molecule has 1 aliphatic carbocycles. The molecule has 1 N–H and O–H groups in total. The molecule has 0 saturated heterocycles. The topological polar surface area (TPSA) is 80.9 Å². The van der Waals surface area contributed by atoms with Gasteiger partial charge in [0.15, 0.2) is 0 Å². The second-order valence-electron chi connectivity index (χ2n) is 4.93. The molecule has 1 atom stereocenters. The van der Waals surface area contributed by atoms with E-state index in [4.69, 9.17) is 0 Å². The Hall–Kier alpha value is -1.11. The third kappa shape index (κ3) is 3.68. The lowest BCUT2D eigenvalue weighted by molar-refractivity contribution is -0.136. The van der Waals surface area contributed by atoms with Gasteiger partial charge in [-0.25, -0.2) is 4.68 Å². The maximum atomic E-state index is 11.3. The Kier molecular flexibility index (Phi) is 5.18. The van der Waals surface area contributed by atoms with Gasteiger partial charge < -0.3 is 5.11 Å². The SMILES string of the molecule is CCCCC(Sc1nnnn1C1CCCC1)C(=O)O. The average molecular weight is 284 g/mol. The number of hydrogen-bond acceptors (Lipinski definition) is 5. The van der Waals surface area contributed by atoms with E-state index in [-0.39, 0.29) is 0 Å². The maximum Gasteiger partial charge on any atom is 0.317 e. The van der Waals surface area contributed by atoms with Crippen LogP contribution in [0.1, 0.15) is 57.9 Å². The Morgan fingerprint density at radius 2 is 2.26 bits per heavy atom. The van der Waals surface area contributed by atoms with Gasteiger partial charge in [-0.3, -0.25) is 4.79 Å². The number of unbranched alkanes of at least 4 members (excludes halogenated alkanes) is 1. The molecule has 1 saturated carbocycles. The number of tetrazole rings is 1. The molecule has 0 spiro atoms. The molecule has 1 aliphatic rings. The van der Waals surface area contributed by atoms with Crippen LogP contribution in [0.5, 0.6) is 0 Å². The van der Waals surface area contributed by atoms with Crippen molar-refractivity contribution in [1.82, 2.24) is 20.2 Å². The molecule has 1 aromatic rings. The van der Waals surface area contributed by atoms with Crippen LogP contribution in [0.15, 0.2) is 5.16 Å². The Balaban J connectivity index is 2.04. The summed E-state index contributed by atoms with van der Waals surface area (Å²) in [6, 6.07) is 0.345. The van der Waals surface area contributed by atoms with Gasteiger partial charge in [-0.15, -0.1) is 5.10 Å². The predicted molar refractivity (Wildman–Crippen MR) is 72.1 cm³/mol. The zero-order valence-electron chi connectivity index (χ0n) is 11.2. The van der Waals surface area contributed by atoms with Crippen LogP contribution in [-0.2, 0) is 4.79 Å². The van der Waals surface area contributed by atoms with Gasteiger partial charge in [0, 0.05) is 0 Å². The second kappa shape index (κ2) is 6.88. The van der Waals surface area contributed by atoms with Crippen LogP contribution in [0.25, 0.3) is 0 Å². The predicted octanol–water partition coefficient (Wildman–Crippen LogP) is 2.52. The standard InChI is InChI=1S/C12H20N4O2S/c1-2-3-8-10(11(17)18)19-12-13-14-15-16(12)9-6-4-5-7-9/h9-10H,2-8H2,1H3,(H,17,18). The summed E-state index contributed by atoms with van der Waals surface area (Å²) in [6.45, 7) is 2.06. The fraction of sp³-hybridized carbons (Fsp3) is 0.833. The van der Waals surface area contributed by atoms with Crippen molar-refractivity contribution in [2.75, 3.05) is 0 Å². The summed E-state index contributed by atoms with van der Waals surface area (Å²) < 4.78 is 1.82. The van der Waals surface area contributed by atoms with Crippen molar-refractivity contribution in [2.45, 2.75) is 68.3 Å². The molecular formula is C12H20N4O2S. The Bertz CT molecular complexity index is 418. The second-order valence-corrected chi connectivity index (χ2v) is 6.10. The first kappa shape index (κ1) is 14.3. The quantitative estimate of drug-likeness (QED) is 0.775. The molecule has 1 unspecified atom stereocenters. The maximum absolute atomic E-state index is 11.3. The number of nitrogens with zero attached hydrogens (tertiary/aromatic N) is 4. The van der Waals surface area contributed by atoms with E-state index >= 15 is 0 Å². The highest BCUT2D eigenvalue weighted by Gasteiger charge is 2.26. The monoisotopic (exact) mass is 284 g/mol. The lowest BCUT2D eigenvalue weighted by atomic mass is 10.2. The number of thioether (sulfide) groups is 1. The zero-order chi connectivity index (χ0) is 13.7. The minimum atomic E-state index is -0.778. The highest BCUT2D eigenvalue weighted by atomic mass is 32.2. The summed E-state index contributed by atoms with van der Waals surface area (Å²) >= 11 is 1.28. The number of carboxylic acid groups (broad SMARTS) is 1. The first-order valence-corrected chi connectivity index (χ1v) is 7.77. The first-order chi connectivity index (χ1) is 9.22. The lowest BCUT2D eigenvalue weighted by Crippen LogP contribution is -2.18. The molecule has 19 heavy (non-hydrogen) atoms. The number of carboxylic acids is 1. The van der Waals surface area contributed by atoms with Gasteiger partial charge in [-0.05, 0) is 29.7 Å². The molecule has 0 aromatic carbocycles. The number of aliphatic carboxylic acids is 1. The van der Waals surface area contributed by atoms with Crippen LogP contribution >= 0.6 is 11.8 Å². The summed E-state index contributed by atoms with van der Waals surface area (Å²) in [5.74, 6) is -0.778. The molecule has 6 nitrogen and oxygen atoms in total. The van der Waals surface area contributed by atoms with Crippen molar-refractivity contribution >= 4 is 17.7 Å². The van der Waals surface area contributed by atoms with Crippen LogP contribution in [-0.4, -0.2) is 36.5 Å². The number of carbonyl (C=O) groups is 1. The fourth-order valence-electron chi connectivity index (χ4n) is 2.39. The van der Waals surface area contributed by atoms with Crippen molar-refractivity contribution in [1.29, 1.82) is 0 Å². The average Bonchev–Trinajstić information content (AvgIpc) is 3.04. The van der Waals surface area contributed by atoms with Crippen LogP contribution in [0.4, 0.5) is 0 Å². The molecule has 1 heterocycles. The van der Waals surface area contributed by atoms with Crippen LogP contribution in [0.3, 0.4) is 0 Å². The summed E-state index contributed by atoms with van der Waals surface area (Å²) in [5, 5.41) is 21.2. The van der Waals surface area contributed by atoms with Crippen LogP contribution < -0.4 is 0 Å². The number of rotatable bonds is 7. The van der Waals surface area contributed by atoms with Crippen molar-refractivity contribution in [3.8, 4) is 0 Å². The van der Waals surface area contributed by atoms with E-state index in [1.807, 2.05) is 4.68 Å². The summed E-state index contributed by atoms with van der Waals surface area (Å²) in [4.78, 5) is 11.3. The molecule has 0 aliphatic heterocycles. The van der Waals surface area contributed by atoms with Gasteiger partial charge in [-0.2, -0.15) is 0 Å². The van der Waals surface area contributed by atoms with Gasteiger partial charge in [-0.1, -0.05) is 44.4 Å². The zero-order valence-corrected chi connectivity index (χ0v) is 12.0. The number of aromatic nitrogens is 4. The van der Waals surface area contributed by atoms with Gasteiger partial charge in [0.2, 0.25) is 5.16 Å². The van der Waals surface area contributed by atoms with Crippen molar-refractivity contribution in [2.24, 2.45) is 0 Å². The van der Waals surface area contributed by atoms with E-state index in [1.54, 1.807) is 0 Å². The van der Waals surface area contributed by atoms with Gasteiger partial charge in [0.05, 0.1) is 6.04 Å². The molecule has 7 heteroatoms. The van der Waals surface area contributed by atoms with Gasteiger partial charge in [0.25, 0.3) is 0 Å².